The molecule has 0 aliphatic heterocycles. The van der Waals surface area contributed by atoms with E-state index in [1.165, 1.54) is 0 Å². The van der Waals surface area contributed by atoms with Gasteiger partial charge in [-0.25, -0.2) is 4.98 Å². The van der Waals surface area contributed by atoms with Crippen molar-refractivity contribution in [2.75, 3.05) is 13.2 Å². The van der Waals surface area contributed by atoms with Crippen molar-refractivity contribution in [1.29, 1.82) is 5.26 Å². The smallest absolute Gasteiger partial charge is 0.151 e. The highest BCUT2D eigenvalue weighted by Gasteiger charge is 2.05. The third-order valence-corrected chi connectivity index (χ3v) is 4.35. The van der Waals surface area contributed by atoms with E-state index < -0.39 is 0 Å². The minimum absolute atomic E-state index is 0.309. The van der Waals surface area contributed by atoms with E-state index in [2.05, 4.69) is 9.98 Å². The molecular weight excluding hydrogens is 348 g/mol. The second kappa shape index (κ2) is 10.4. The molecule has 0 radical (unpaired) electrons. The molecule has 0 fully saturated rings. The van der Waals surface area contributed by atoms with Gasteiger partial charge < -0.3 is 10.5 Å². The Morgan fingerprint density at radius 1 is 1.27 bits per heavy atom. The molecule has 0 unspecified atom stereocenters. The standard InChI is InChI=1S/C20H23ClN4O/c1-15-13-16(8-9-18(15)21)26-12-5-3-2-4-10-25-20(23)17-7-6-11-24-19(17)14-22/h6-9,11,13H,2-5,10,12H2,1H3,(H2,23,25). The number of aryl methyl sites for hydroxylation is 1. The predicted octanol–water partition coefficient (Wildman–Crippen LogP) is 4.26. The summed E-state index contributed by atoms with van der Waals surface area (Å²) in [4.78, 5) is 8.33. The van der Waals surface area contributed by atoms with Crippen LogP contribution in [0.2, 0.25) is 5.02 Å². The van der Waals surface area contributed by atoms with Crippen LogP contribution in [0, 0.1) is 18.3 Å². The molecular formula is C20H23ClN4O. The van der Waals surface area contributed by atoms with Gasteiger partial charge in [0.1, 0.15) is 17.7 Å². The summed E-state index contributed by atoms with van der Waals surface area (Å²) in [7, 11) is 0. The maximum atomic E-state index is 9.03. The molecule has 26 heavy (non-hydrogen) atoms. The number of hydrogen-bond acceptors (Lipinski definition) is 4. The number of pyridine rings is 1. The normalized spacial score (nSPS) is 11.2. The lowest BCUT2D eigenvalue weighted by atomic mass is 10.2. The molecule has 1 heterocycles. The summed E-state index contributed by atoms with van der Waals surface area (Å²) in [6.07, 6.45) is 5.63. The van der Waals surface area contributed by atoms with Gasteiger partial charge in [0.15, 0.2) is 5.69 Å². The van der Waals surface area contributed by atoms with Crippen LogP contribution in [-0.2, 0) is 0 Å². The van der Waals surface area contributed by atoms with E-state index in [0.717, 1.165) is 42.0 Å². The third-order valence-electron chi connectivity index (χ3n) is 3.92. The second-order valence-electron chi connectivity index (χ2n) is 5.95. The summed E-state index contributed by atoms with van der Waals surface area (Å²) in [6.45, 7) is 3.29. The Morgan fingerprint density at radius 3 is 2.85 bits per heavy atom. The van der Waals surface area contributed by atoms with Crippen LogP contribution in [0.3, 0.4) is 0 Å². The van der Waals surface area contributed by atoms with E-state index in [1.54, 1.807) is 18.3 Å². The van der Waals surface area contributed by atoms with Crippen LogP contribution in [-0.4, -0.2) is 24.0 Å². The number of nitrogens with two attached hydrogens (primary N) is 1. The number of ether oxygens (including phenoxy) is 1. The second-order valence-corrected chi connectivity index (χ2v) is 6.36. The molecule has 0 amide bonds. The molecule has 2 rings (SSSR count). The average molecular weight is 371 g/mol. The number of benzene rings is 1. The molecule has 6 heteroatoms. The lowest BCUT2D eigenvalue weighted by Gasteiger charge is -2.07. The Labute approximate surface area is 159 Å². The monoisotopic (exact) mass is 370 g/mol. The van der Waals surface area contributed by atoms with E-state index in [1.807, 2.05) is 31.2 Å². The maximum absolute atomic E-state index is 9.03. The zero-order valence-electron chi connectivity index (χ0n) is 14.9. The number of unbranched alkanes of at least 4 members (excludes halogenated alkanes) is 3. The molecule has 1 aromatic carbocycles. The predicted molar refractivity (Wildman–Crippen MR) is 105 cm³/mol. The average Bonchev–Trinajstić information content (AvgIpc) is 2.66. The molecule has 0 bridgehead atoms. The van der Waals surface area contributed by atoms with Gasteiger partial charge in [0.05, 0.1) is 12.2 Å². The van der Waals surface area contributed by atoms with Gasteiger partial charge in [-0.05, 0) is 62.1 Å². The molecule has 0 aliphatic carbocycles. The first-order valence-corrected chi connectivity index (χ1v) is 9.04. The van der Waals surface area contributed by atoms with Gasteiger partial charge in [0, 0.05) is 17.8 Å². The number of nitriles is 1. The van der Waals surface area contributed by atoms with Gasteiger partial charge in [-0.1, -0.05) is 18.0 Å². The highest BCUT2D eigenvalue weighted by molar-refractivity contribution is 6.31. The van der Waals surface area contributed by atoms with Gasteiger partial charge in [0.25, 0.3) is 0 Å². The van der Waals surface area contributed by atoms with E-state index in [0.29, 0.717) is 30.2 Å². The molecule has 2 aromatic rings. The SMILES string of the molecule is Cc1cc(OCCCCCCN=C(N)c2cccnc2C#N)ccc1Cl. The quantitative estimate of drug-likeness (QED) is 0.406. The largest absolute Gasteiger partial charge is 0.494 e. The summed E-state index contributed by atoms with van der Waals surface area (Å²) in [6, 6.07) is 11.2. The van der Waals surface area contributed by atoms with Crippen LogP contribution in [0.25, 0.3) is 0 Å². The van der Waals surface area contributed by atoms with Crippen LogP contribution in [0.1, 0.15) is 42.5 Å². The molecule has 2 N–H and O–H groups in total. The molecule has 5 nitrogen and oxygen atoms in total. The van der Waals surface area contributed by atoms with Crippen molar-refractivity contribution < 1.29 is 4.74 Å². The molecule has 0 saturated carbocycles. The molecule has 1 aromatic heterocycles. The Hall–Kier alpha value is -2.58. The zero-order chi connectivity index (χ0) is 18.8. The van der Waals surface area contributed by atoms with Crippen LogP contribution < -0.4 is 10.5 Å². The van der Waals surface area contributed by atoms with Crippen LogP contribution in [0.4, 0.5) is 0 Å². The van der Waals surface area contributed by atoms with Gasteiger partial charge in [-0.15, -0.1) is 0 Å². The van der Waals surface area contributed by atoms with Crippen LogP contribution in [0.5, 0.6) is 5.75 Å². The number of rotatable bonds is 9. The van der Waals surface area contributed by atoms with Crippen molar-refractivity contribution in [2.24, 2.45) is 10.7 Å². The first-order chi connectivity index (χ1) is 12.6. The fraction of sp³-hybridized carbons (Fsp3) is 0.350. The zero-order valence-corrected chi connectivity index (χ0v) is 15.7. The Morgan fingerprint density at radius 2 is 2.08 bits per heavy atom. The van der Waals surface area contributed by atoms with Crippen molar-refractivity contribution in [2.45, 2.75) is 32.6 Å². The minimum Gasteiger partial charge on any atom is -0.494 e. The highest BCUT2D eigenvalue weighted by Crippen LogP contribution is 2.21. The molecule has 0 spiro atoms. The third kappa shape index (κ3) is 6.05. The van der Waals surface area contributed by atoms with E-state index >= 15 is 0 Å². The van der Waals surface area contributed by atoms with Gasteiger partial charge in [0.2, 0.25) is 0 Å². The first-order valence-electron chi connectivity index (χ1n) is 8.66. The first kappa shape index (κ1) is 19.7. The molecule has 0 saturated heterocycles. The summed E-state index contributed by atoms with van der Waals surface area (Å²) in [5.41, 5.74) is 7.88. The Kier molecular flexibility index (Phi) is 7.91. The number of amidine groups is 1. The number of aliphatic imine (C=N–C) groups is 1. The van der Waals surface area contributed by atoms with Crippen molar-refractivity contribution in [1.82, 2.24) is 4.98 Å². The van der Waals surface area contributed by atoms with E-state index in [9.17, 15) is 0 Å². The Balaban J connectivity index is 1.63. The van der Waals surface area contributed by atoms with Gasteiger partial charge in [-0.2, -0.15) is 5.26 Å². The highest BCUT2D eigenvalue weighted by atomic mass is 35.5. The number of hydrogen-bond donors (Lipinski definition) is 1. The van der Waals surface area contributed by atoms with Crippen molar-refractivity contribution >= 4 is 17.4 Å². The fourth-order valence-electron chi connectivity index (χ4n) is 2.45. The van der Waals surface area contributed by atoms with Crippen molar-refractivity contribution in [3.63, 3.8) is 0 Å². The van der Waals surface area contributed by atoms with E-state index in [4.69, 9.17) is 27.3 Å². The van der Waals surface area contributed by atoms with Crippen LogP contribution >= 0.6 is 11.6 Å². The number of nitrogens with zero attached hydrogens (tertiary/aromatic N) is 3. The van der Waals surface area contributed by atoms with E-state index in [-0.39, 0.29) is 0 Å². The summed E-state index contributed by atoms with van der Waals surface area (Å²) >= 11 is 6.00. The lowest BCUT2D eigenvalue weighted by Crippen LogP contribution is -2.16. The lowest BCUT2D eigenvalue weighted by molar-refractivity contribution is 0.304. The number of aromatic nitrogens is 1. The maximum Gasteiger partial charge on any atom is 0.151 e. The summed E-state index contributed by atoms with van der Waals surface area (Å²) in [5.74, 6) is 1.23. The topological polar surface area (TPSA) is 84.3 Å². The fourth-order valence-corrected chi connectivity index (χ4v) is 2.57. The number of halogens is 1. The summed E-state index contributed by atoms with van der Waals surface area (Å²) < 4.78 is 5.73. The Bertz CT molecular complexity index is 799. The minimum atomic E-state index is 0.309. The van der Waals surface area contributed by atoms with Crippen LogP contribution in [0.15, 0.2) is 41.5 Å². The molecule has 0 atom stereocenters. The van der Waals surface area contributed by atoms with Crippen molar-refractivity contribution in [3.05, 3.63) is 58.4 Å². The summed E-state index contributed by atoms with van der Waals surface area (Å²) in [5, 5.41) is 9.78. The van der Waals surface area contributed by atoms with Crippen molar-refractivity contribution in [3.8, 4) is 11.8 Å². The molecule has 0 aliphatic rings. The molecule has 136 valence electrons. The van der Waals surface area contributed by atoms with Gasteiger partial charge in [-0.3, -0.25) is 4.99 Å². The van der Waals surface area contributed by atoms with Gasteiger partial charge >= 0.3 is 0 Å².